The van der Waals surface area contributed by atoms with Crippen LogP contribution in [0.4, 0.5) is 15.8 Å². The molecule has 0 heterocycles. The van der Waals surface area contributed by atoms with Gasteiger partial charge in [0.15, 0.2) is 0 Å². The summed E-state index contributed by atoms with van der Waals surface area (Å²) in [7, 11) is -3.00. The Balaban J connectivity index is 2.37. The molecule has 0 spiro atoms. The van der Waals surface area contributed by atoms with Crippen LogP contribution in [0.2, 0.25) is 0 Å². The average molecular weight is 306 g/mol. The van der Waals surface area contributed by atoms with Gasteiger partial charge in [0.2, 0.25) is 5.91 Å². The zero-order chi connectivity index (χ0) is 14.5. The van der Waals surface area contributed by atoms with Crippen LogP contribution in [0.1, 0.15) is 0 Å². The Morgan fingerprint density at radius 1 is 1.47 bits per heavy atom. The molecule has 8 heteroatoms. The first kappa shape index (κ1) is 15.8. The second-order valence-electron chi connectivity index (χ2n) is 3.97. The number of hydrogen-bond donors (Lipinski definition) is 2. The SMILES string of the molecule is CS(=O)(=O)CCSCC(=O)Nc1ccc(F)c(N)c1. The minimum Gasteiger partial charge on any atom is -0.396 e. The van der Waals surface area contributed by atoms with Gasteiger partial charge in [-0.15, -0.1) is 0 Å². The van der Waals surface area contributed by atoms with Gasteiger partial charge in [-0.2, -0.15) is 11.8 Å². The highest BCUT2D eigenvalue weighted by molar-refractivity contribution is 8.01. The molecule has 1 amide bonds. The minimum absolute atomic E-state index is 0.0362. The fourth-order valence-corrected chi connectivity index (χ4v) is 3.28. The Morgan fingerprint density at radius 2 is 2.16 bits per heavy atom. The number of benzene rings is 1. The third-order valence-electron chi connectivity index (χ3n) is 2.11. The maximum Gasteiger partial charge on any atom is 0.234 e. The van der Waals surface area contributed by atoms with Crippen molar-refractivity contribution in [2.45, 2.75) is 0 Å². The van der Waals surface area contributed by atoms with Crippen molar-refractivity contribution in [2.24, 2.45) is 0 Å². The molecule has 3 N–H and O–H groups in total. The van der Waals surface area contributed by atoms with Crippen molar-refractivity contribution in [3.63, 3.8) is 0 Å². The summed E-state index contributed by atoms with van der Waals surface area (Å²) >= 11 is 1.22. The molecule has 106 valence electrons. The number of anilines is 2. The van der Waals surface area contributed by atoms with Crippen LogP contribution in [-0.2, 0) is 14.6 Å². The Hall–Kier alpha value is -1.28. The lowest BCUT2D eigenvalue weighted by molar-refractivity contribution is -0.113. The minimum atomic E-state index is -3.00. The van der Waals surface area contributed by atoms with E-state index in [1.165, 1.54) is 30.0 Å². The van der Waals surface area contributed by atoms with Crippen molar-refractivity contribution >= 4 is 38.9 Å². The molecule has 0 saturated heterocycles. The van der Waals surface area contributed by atoms with Crippen molar-refractivity contribution in [3.8, 4) is 0 Å². The second-order valence-corrected chi connectivity index (χ2v) is 7.33. The van der Waals surface area contributed by atoms with E-state index in [1.54, 1.807) is 0 Å². The smallest absolute Gasteiger partial charge is 0.234 e. The number of nitrogens with two attached hydrogens (primary N) is 1. The van der Waals surface area contributed by atoms with E-state index in [-0.39, 0.29) is 23.1 Å². The van der Waals surface area contributed by atoms with E-state index in [9.17, 15) is 17.6 Å². The number of nitrogens with one attached hydrogen (secondary N) is 1. The van der Waals surface area contributed by atoms with E-state index in [2.05, 4.69) is 5.32 Å². The zero-order valence-corrected chi connectivity index (χ0v) is 12.0. The lowest BCUT2D eigenvalue weighted by Gasteiger charge is -2.06. The topological polar surface area (TPSA) is 89.3 Å². The maximum absolute atomic E-state index is 12.9. The van der Waals surface area contributed by atoms with Crippen LogP contribution in [0.25, 0.3) is 0 Å². The van der Waals surface area contributed by atoms with Crippen LogP contribution < -0.4 is 11.1 Å². The highest BCUT2D eigenvalue weighted by Crippen LogP contribution is 2.16. The lowest BCUT2D eigenvalue weighted by atomic mass is 10.2. The first-order valence-electron chi connectivity index (χ1n) is 5.38. The van der Waals surface area contributed by atoms with Crippen LogP contribution >= 0.6 is 11.8 Å². The van der Waals surface area contributed by atoms with Crippen molar-refractivity contribution in [2.75, 3.05) is 34.6 Å². The molecule has 0 fully saturated rings. The molecule has 0 aliphatic rings. The van der Waals surface area contributed by atoms with Crippen LogP contribution in [0, 0.1) is 5.82 Å². The summed E-state index contributed by atoms with van der Waals surface area (Å²) in [5, 5.41) is 2.55. The van der Waals surface area contributed by atoms with Crippen molar-refractivity contribution in [1.82, 2.24) is 0 Å². The van der Waals surface area contributed by atoms with Gasteiger partial charge < -0.3 is 11.1 Å². The highest BCUT2D eigenvalue weighted by atomic mass is 32.2. The fraction of sp³-hybridized carbons (Fsp3) is 0.364. The van der Waals surface area contributed by atoms with Crippen molar-refractivity contribution in [1.29, 1.82) is 0 Å². The van der Waals surface area contributed by atoms with E-state index in [0.717, 1.165) is 6.26 Å². The molecule has 0 aromatic heterocycles. The Morgan fingerprint density at radius 3 is 2.74 bits per heavy atom. The summed E-state index contributed by atoms with van der Waals surface area (Å²) in [6, 6.07) is 3.90. The number of carbonyl (C=O) groups is 1. The summed E-state index contributed by atoms with van der Waals surface area (Å²) in [4.78, 5) is 11.5. The van der Waals surface area contributed by atoms with Crippen LogP contribution in [0.15, 0.2) is 18.2 Å². The summed E-state index contributed by atoms with van der Waals surface area (Å²) < 4.78 is 34.6. The monoisotopic (exact) mass is 306 g/mol. The third kappa shape index (κ3) is 6.44. The first-order valence-corrected chi connectivity index (χ1v) is 8.60. The maximum atomic E-state index is 12.9. The number of halogens is 1. The first-order chi connectivity index (χ1) is 8.78. The molecule has 1 aromatic carbocycles. The molecule has 0 bridgehead atoms. The van der Waals surface area contributed by atoms with Gasteiger partial charge in [-0.25, -0.2) is 12.8 Å². The van der Waals surface area contributed by atoms with Gasteiger partial charge in [0, 0.05) is 17.7 Å². The quantitative estimate of drug-likeness (QED) is 0.607. The second kappa shape index (κ2) is 6.76. The van der Waals surface area contributed by atoms with Gasteiger partial charge >= 0.3 is 0 Å². The van der Waals surface area contributed by atoms with Gasteiger partial charge in [0.1, 0.15) is 15.7 Å². The molecular weight excluding hydrogens is 291 g/mol. The zero-order valence-electron chi connectivity index (χ0n) is 10.3. The van der Waals surface area contributed by atoms with Gasteiger partial charge in [-0.1, -0.05) is 0 Å². The van der Waals surface area contributed by atoms with Gasteiger partial charge in [0.25, 0.3) is 0 Å². The molecule has 0 radical (unpaired) electrons. The molecule has 19 heavy (non-hydrogen) atoms. The molecular formula is C11H15FN2O3S2. The largest absolute Gasteiger partial charge is 0.396 e. The summed E-state index contributed by atoms with van der Waals surface area (Å²) in [5.41, 5.74) is 5.74. The number of carbonyl (C=O) groups excluding carboxylic acids is 1. The normalized spacial score (nSPS) is 11.3. The number of hydrogen-bond acceptors (Lipinski definition) is 5. The molecule has 0 atom stereocenters. The van der Waals surface area contributed by atoms with Gasteiger partial charge in [-0.3, -0.25) is 4.79 Å². The Labute approximate surface area is 115 Å². The lowest BCUT2D eigenvalue weighted by Crippen LogP contribution is -2.15. The van der Waals surface area contributed by atoms with Crippen molar-refractivity contribution < 1.29 is 17.6 Å². The van der Waals surface area contributed by atoms with Crippen molar-refractivity contribution in [3.05, 3.63) is 24.0 Å². The van der Waals surface area contributed by atoms with E-state index < -0.39 is 15.7 Å². The van der Waals surface area contributed by atoms with Crippen LogP contribution in [0.5, 0.6) is 0 Å². The van der Waals surface area contributed by atoms with Gasteiger partial charge in [-0.05, 0) is 18.2 Å². The summed E-state index contributed by atoms with van der Waals surface area (Å²) in [6.07, 6.45) is 1.15. The Bertz CT molecular complexity index is 561. The third-order valence-corrected chi connectivity index (χ3v) is 4.27. The van der Waals surface area contributed by atoms with Crippen LogP contribution in [0.3, 0.4) is 0 Å². The number of nitrogen functional groups attached to an aromatic ring is 1. The summed E-state index contributed by atoms with van der Waals surface area (Å²) in [6.45, 7) is 0. The average Bonchev–Trinajstić information content (AvgIpc) is 2.28. The predicted molar refractivity (Wildman–Crippen MR) is 76.5 cm³/mol. The number of rotatable bonds is 6. The van der Waals surface area contributed by atoms with Crippen LogP contribution in [-0.4, -0.2) is 37.8 Å². The van der Waals surface area contributed by atoms with E-state index in [4.69, 9.17) is 5.73 Å². The summed E-state index contributed by atoms with van der Waals surface area (Å²) in [5.74, 6) is -0.302. The molecule has 0 saturated carbocycles. The van der Waals surface area contributed by atoms with Gasteiger partial charge in [0.05, 0.1) is 17.2 Å². The molecule has 1 aromatic rings. The predicted octanol–water partition coefficient (Wildman–Crippen LogP) is 1.12. The highest BCUT2D eigenvalue weighted by Gasteiger charge is 2.06. The number of amides is 1. The molecule has 0 aliphatic carbocycles. The standard InChI is InChI=1S/C11H15FN2O3S2/c1-19(16,17)5-4-18-7-11(15)14-8-2-3-9(12)10(13)6-8/h2-3,6H,4-5,7,13H2,1H3,(H,14,15). The van der Waals surface area contributed by atoms with E-state index in [1.807, 2.05) is 0 Å². The Kier molecular flexibility index (Phi) is 5.61. The van der Waals surface area contributed by atoms with E-state index >= 15 is 0 Å². The molecule has 0 unspecified atom stereocenters. The number of thioether (sulfide) groups is 1. The fourth-order valence-electron chi connectivity index (χ4n) is 1.19. The molecule has 1 rings (SSSR count). The number of sulfone groups is 1. The molecule has 0 aliphatic heterocycles. The van der Waals surface area contributed by atoms with E-state index in [0.29, 0.717) is 11.4 Å². The molecule has 5 nitrogen and oxygen atoms in total.